The van der Waals surface area contributed by atoms with Gasteiger partial charge in [0.2, 0.25) is 0 Å². The Kier molecular flexibility index (Phi) is 3.06. The highest BCUT2D eigenvalue weighted by Gasteiger charge is 2.30. The molecule has 1 atom stereocenters. The van der Waals surface area contributed by atoms with E-state index in [1.54, 1.807) is 11.3 Å². The Morgan fingerprint density at radius 1 is 1.44 bits per heavy atom. The number of hydrogen-bond acceptors (Lipinski definition) is 3. The standard InChI is InChI=1S/C14H15NO2S/c16-14(17)12-5-3-7-15(12)8-10-9-18-13-6-2-1-4-11(10)13/h1-2,4,6,9,12H,3,5,7-8H2,(H,16,17)/t12-/m1/s1. The van der Waals surface area contributed by atoms with Crippen LogP contribution < -0.4 is 0 Å². The van der Waals surface area contributed by atoms with E-state index >= 15 is 0 Å². The lowest BCUT2D eigenvalue weighted by Gasteiger charge is -2.20. The molecule has 2 aromatic rings. The van der Waals surface area contributed by atoms with Gasteiger partial charge in [-0.1, -0.05) is 18.2 Å². The summed E-state index contributed by atoms with van der Waals surface area (Å²) in [6.45, 7) is 1.64. The SMILES string of the molecule is O=C(O)[C@H]1CCCN1Cc1csc2ccccc12. The predicted molar refractivity (Wildman–Crippen MR) is 72.9 cm³/mol. The molecule has 0 radical (unpaired) electrons. The maximum Gasteiger partial charge on any atom is 0.320 e. The van der Waals surface area contributed by atoms with Gasteiger partial charge in [0.15, 0.2) is 0 Å². The normalized spacial score (nSPS) is 20.6. The molecule has 3 nitrogen and oxygen atoms in total. The lowest BCUT2D eigenvalue weighted by molar-refractivity contribution is -0.142. The Balaban J connectivity index is 1.86. The highest BCUT2D eigenvalue weighted by molar-refractivity contribution is 7.17. The highest BCUT2D eigenvalue weighted by Crippen LogP contribution is 2.29. The van der Waals surface area contributed by atoms with Crippen LogP contribution in [-0.2, 0) is 11.3 Å². The number of carboxylic acids is 1. The minimum atomic E-state index is -0.688. The molecule has 1 aliphatic rings. The molecule has 4 heteroatoms. The molecule has 18 heavy (non-hydrogen) atoms. The fraction of sp³-hybridized carbons (Fsp3) is 0.357. The van der Waals surface area contributed by atoms with Gasteiger partial charge in [-0.3, -0.25) is 9.69 Å². The summed E-state index contributed by atoms with van der Waals surface area (Å²) in [7, 11) is 0. The number of thiophene rings is 1. The van der Waals surface area contributed by atoms with Gasteiger partial charge in [-0.25, -0.2) is 0 Å². The molecular formula is C14H15NO2S. The third-order valence-electron chi connectivity index (χ3n) is 3.58. The van der Waals surface area contributed by atoms with Crippen molar-refractivity contribution >= 4 is 27.4 Å². The van der Waals surface area contributed by atoms with Gasteiger partial charge in [0.25, 0.3) is 0 Å². The maximum absolute atomic E-state index is 11.2. The lowest BCUT2D eigenvalue weighted by atomic mass is 10.1. The number of nitrogens with zero attached hydrogens (tertiary/aromatic N) is 1. The second kappa shape index (κ2) is 4.71. The Hall–Kier alpha value is -1.39. The molecule has 3 rings (SSSR count). The van der Waals surface area contributed by atoms with E-state index in [4.69, 9.17) is 0 Å². The van der Waals surface area contributed by atoms with Gasteiger partial charge in [0.1, 0.15) is 6.04 Å². The summed E-state index contributed by atoms with van der Waals surface area (Å²) in [5, 5.41) is 12.6. The number of aliphatic carboxylic acids is 1. The van der Waals surface area contributed by atoms with Gasteiger partial charge in [-0.05, 0) is 41.8 Å². The van der Waals surface area contributed by atoms with Crippen molar-refractivity contribution in [2.75, 3.05) is 6.54 Å². The molecule has 0 saturated carbocycles. The van der Waals surface area contributed by atoms with E-state index in [1.807, 2.05) is 12.1 Å². The molecular weight excluding hydrogens is 246 g/mol. The van der Waals surface area contributed by atoms with Gasteiger partial charge >= 0.3 is 5.97 Å². The van der Waals surface area contributed by atoms with Crippen LogP contribution in [0.4, 0.5) is 0 Å². The molecule has 1 fully saturated rings. The third kappa shape index (κ3) is 2.02. The Morgan fingerprint density at radius 3 is 3.11 bits per heavy atom. The largest absolute Gasteiger partial charge is 0.480 e. The van der Waals surface area contributed by atoms with E-state index in [1.165, 1.54) is 15.6 Å². The van der Waals surface area contributed by atoms with E-state index in [-0.39, 0.29) is 6.04 Å². The van der Waals surface area contributed by atoms with Crippen LogP contribution in [0, 0.1) is 0 Å². The molecule has 0 spiro atoms. The van der Waals surface area contributed by atoms with Crippen LogP contribution in [-0.4, -0.2) is 28.6 Å². The first-order chi connectivity index (χ1) is 8.75. The summed E-state index contributed by atoms with van der Waals surface area (Å²) in [6, 6.07) is 8.01. The van der Waals surface area contributed by atoms with Crippen LogP contribution in [0.1, 0.15) is 18.4 Å². The molecule has 1 aromatic heterocycles. The Morgan fingerprint density at radius 2 is 2.28 bits per heavy atom. The molecule has 1 saturated heterocycles. The molecule has 0 bridgehead atoms. The first-order valence-electron chi connectivity index (χ1n) is 6.17. The summed E-state index contributed by atoms with van der Waals surface area (Å²) in [5.74, 6) is -0.688. The minimum absolute atomic E-state index is 0.302. The van der Waals surface area contributed by atoms with E-state index in [2.05, 4.69) is 22.4 Å². The number of hydrogen-bond donors (Lipinski definition) is 1. The van der Waals surface area contributed by atoms with Gasteiger partial charge in [-0.15, -0.1) is 11.3 Å². The summed E-state index contributed by atoms with van der Waals surface area (Å²) in [6.07, 6.45) is 1.76. The van der Waals surface area contributed by atoms with Crippen LogP contribution in [0.2, 0.25) is 0 Å². The quantitative estimate of drug-likeness (QED) is 0.923. The van der Waals surface area contributed by atoms with Crippen molar-refractivity contribution in [1.82, 2.24) is 4.90 Å². The van der Waals surface area contributed by atoms with Gasteiger partial charge in [-0.2, -0.15) is 0 Å². The zero-order valence-electron chi connectivity index (χ0n) is 10.0. The summed E-state index contributed by atoms with van der Waals surface area (Å²) < 4.78 is 1.28. The first kappa shape index (κ1) is 11.7. The fourth-order valence-electron chi connectivity index (χ4n) is 2.67. The first-order valence-corrected chi connectivity index (χ1v) is 7.05. The van der Waals surface area contributed by atoms with E-state index in [0.717, 1.165) is 25.9 Å². The molecule has 1 aliphatic heterocycles. The van der Waals surface area contributed by atoms with Crippen LogP contribution in [0.15, 0.2) is 29.6 Å². The molecule has 2 heterocycles. The molecule has 0 unspecified atom stereocenters. The molecule has 0 aliphatic carbocycles. The average molecular weight is 261 g/mol. The molecule has 0 amide bonds. The zero-order chi connectivity index (χ0) is 12.5. The Labute approximate surface area is 110 Å². The van der Waals surface area contributed by atoms with Crippen molar-refractivity contribution in [2.24, 2.45) is 0 Å². The van der Waals surface area contributed by atoms with Gasteiger partial charge in [0, 0.05) is 11.2 Å². The summed E-state index contributed by atoms with van der Waals surface area (Å²) >= 11 is 1.73. The number of carbonyl (C=O) groups is 1. The molecule has 1 N–H and O–H groups in total. The predicted octanol–water partition coefficient (Wildman–Crippen LogP) is 2.95. The Bertz CT molecular complexity index is 578. The fourth-order valence-corrected chi connectivity index (χ4v) is 3.62. The number of carboxylic acid groups (broad SMARTS) is 1. The smallest absolute Gasteiger partial charge is 0.320 e. The summed E-state index contributed by atoms with van der Waals surface area (Å²) in [5.41, 5.74) is 1.25. The number of likely N-dealkylation sites (tertiary alicyclic amines) is 1. The molecule has 94 valence electrons. The average Bonchev–Trinajstić information content (AvgIpc) is 2.97. The monoisotopic (exact) mass is 261 g/mol. The maximum atomic E-state index is 11.2. The van der Waals surface area contributed by atoms with Crippen molar-refractivity contribution < 1.29 is 9.90 Å². The topological polar surface area (TPSA) is 40.5 Å². The summed E-state index contributed by atoms with van der Waals surface area (Å²) in [4.78, 5) is 13.2. The second-order valence-corrected chi connectivity index (χ2v) is 5.64. The molecule has 1 aromatic carbocycles. The van der Waals surface area contributed by atoms with Crippen LogP contribution in [0.3, 0.4) is 0 Å². The van der Waals surface area contributed by atoms with Gasteiger partial charge < -0.3 is 5.11 Å². The minimum Gasteiger partial charge on any atom is -0.480 e. The third-order valence-corrected chi connectivity index (χ3v) is 4.60. The van der Waals surface area contributed by atoms with E-state index in [9.17, 15) is 9.90 Å². The highest BCUT2D eigenvalue weighted by atomic mass is 32.1. The van der Waals surface area contributed by atoms with Crippen molar-refractivity contribution in [1.29, 1.82) is 0 Å². The van der Waals surface area contributed by atoms with E-state index in [0.29, 0.717) is 0 Å². The zero-order valence-corrected chi connectivity index (χ0v) is 10.8. The van der Waals surface area contributed by atoms with Crippen molar-refractivity contribution in [3.8, 4) is 0 Å². The van der Waals surface area contributed by atoms with Gasteiger partial charge in [0.05, 0.1) is 0 Å². The van der Waals surface area contributed by atoms with Crippen molar-refractivity contribution in [2.45, 2.75) is 25.4 Å². The number of fused-ring (bicyclic) bond motifs is 1. The number of benzene rings is 1. The van der Waals surface area contributed by atoms with Crippen LogP contribution in [0.25, 0.3) is 10.1 Å². The number of rotatable bonds is 3. The van der Waals surface area contributed by atoms with Crippen molar-refractivity contribution in [3.05, 3.63) is 35.2 Å². The van der Waals surface area contributed by atoms with Crippen LogP contribution in [0.5, 0.6) is 0 Å². The van der Waals surface area contributed by atoms with Crippen LogP contribution >= 0.6 is 11.3 Å². The second-order valence-electron chi connectivity index (χ2n) is 4.72. The lowest BCUT2D eigenvalue weighted by Crippen LogP contribution is -2.35. The van der Waals surface area contributed by atoms with E-state index < -0.39 is 5.97 Å². The van der Waals surface area contributed by atoms with Crippen molar-refractivity contribution in [3.63, 3.8) is 0 Å².